The van der Waals surface area contributed by atoms with Gasteiger partial charge in [-0.05, 0) is 11.7 Å². The third kappa shape index (κ3) is 1.08. The van der Waals surface area contributed by atoms with Gasteiger partial charge in [-0.1, -0.05) is 13.8 Å². The number of thioether (sulfide) groups is 1. The highest BCUT2D eigenvalue weighted by atomic mass is 32.2. The van der Waals surface area contributed by atoms with E-state index in [1.54, 1.807) is 0 Å². The molecule has 0 radical (unpaired) electrons. The van der Waals surface area contributed by atoms with Crippen LogP contribution in [0.5, 0.6) is 0 Å². The molecule has 1 heterocycles. The number of rotatable bonds is 2. The van der Waals surface area contributed by atoms with Crippen LogP contribution in [0.3, 0.4) is 0 Å². The lowest BCUT2D eigenvalue weighted by molar-refractivity contribution is -0.146. The van der Waals surface area contributed by atoms with Crippen LogP contribution in [0.25, 0.3) is 0 Å². The number of fused-ring (bicyclic) bond motifs is 1. The summed E-state index contributed by atoms with van der Waals surface area (Å²) in [5.74, 6) is 0.182. The highest BCUT2D eigenvalue weighted by Crippen LogP contribution is 2.65. The first-order valence-corrected chi connectivity index (χ1v) is 5.95. The Bertz CT molecular complexity index is 321. The van der Waals surface area contributed by atoms with Crippen molar-refractivity contribution in [2.45, 2.75) is 25.2 Å². The average molecular weight is 211 g/mol. The zero-order valence-corrected chi connectivity index (χ0v) is 9.30. The summed E-state index contributed by atoms with van der Waals surface area (Å²) in [5, 5.41) is 8.70. The Balaban J connectivity index is 2.18. The first-order valence-electron chi connectivity index (χ1n) is 4.67. The largest absolute Gasteiger partial charge is 0.459 e. The molecule has 0 spiro atoms. The molecule has 1 saturated heterocycles. The lowest BCUT2D eigenvalue weighted by Crippen LogP contribution is -2.29. The lowest BCUT2D eigenvalue weighted by atomic mass is 10.0. The molecule has 1 aliphatic heterocycles. The predicted octanol–water partition coefficient (Wildman–Crippen LogP) is 1.44. The number of hydrogen-bond acceptors (Lipinski definition) is 4. The monoisotopic (exact) mass is 211 g/mol. The fraction of sp³-hybridized carbons (Fsp3) is 0.800. The summed E-state index contributed by atoms with van der Waals surface area (Å²) in [6, 6.07) is 2.19. The van der Waals surface area contributed by atoms with Crippen molar-refractivity contribution >= 4 is 17.7 Å². The van der Waals surface area contributed by atoms with Gasteiger partial charge in [-0.2, -0.15) is 5.26 Å². The Morgan fingerprint density at radius 1 is 1.64 bits per heavy atom. The molecule has 0 aromatic heterocycles. The minimum atomic E-state index is -0.212. The third-order valence-electron chi connectivity index (χ3n) is 3.45. The summed E-state index contributed by atoms with van der Waals surface area (Å²) in [4.78, 5) is 11.4. The second-order valence-electron chi connectivity index (χ2n) is 4.51. The minimum absolute atomic E-state index is 0.0375. The molecule has 4 heteroatoms. The number of carbonyl (C=O) groups excluding carboxylic acids is 1. The van der Waals surface area contributed by atoms with Gasteiger partial charge in [0.1, 0.15) is 11.4 Å². The van der Waals surface area contributed by atoms with Gasteiger partial charge in [-0.15, -0.1) is 11.8 Å². The maximum absolute atomic E-state index is 11.4. The summed E-state index contributed by atoms with van der Waals surface area (Å²) in [5.41, 5.74) is 0.0465. The van der Waals surface area contributed by atoms with Crippen LogP contribution in [-0.2, 0) is 9.53 Å². The number of nitrogens with zero attached hydrogens (tertiary/aromatic N) is 1. The standard InChI is InChI=1S/C10H13NO2S/c1-10(2)6-7(10)9(12)13-8(6)5(4-11)14-3/h5-8H,1-3H3/t5-,6-,7+,8?/m1/s1. The molecule has 1 aliphatic carbocycles. The zero-order valence-electron chi connectivity index (χ0n) is 8.48. The van der Waals surface area contributed by atoms with E-state index >= 15 is 0 Å². The topological polar surface area (TPSA) is 50.1 Å². The van der Waals surface area contributed by atoms with Gasteiger partial charge in [0.05, 0.1) is 12.0 Å². The molecule has 0 aromatic rings. The molecule has 2 aliphatic rings. The third-order valence-corrected chi connectivity index (χ3v) is 4.33. The van der Waals surface area contributed by atoms with Crippen LogP contribution in [0, 0.1) is 28.6 Å². The number of cyclic esters (lactones) is 1. The van der Waals surface area contributed by atoms with Gasteiger partial charge in [0.25, 0.3) is 0 Å². The fourth-order valence-corrected chi connectivity index (χ4v) is 3.13. The van der Waals surface area contributed by atoms with Crippen molar-refractivity contribution in [2.75, 3.05) is 6.26 Å². The van der Waals surface area contributed by atoms with E-state index in [2.05, 4.69) is 19.9 Å². The molecule has 0 aromatic carbocycles. The molecule has 2 fully saturated rings. The second kappa shape index (κ2) is 2.90. The second-order valence-corrected chi connectivity index (χ2v) is 5.49. The fourth-order valence-electron chi connectivity index (χ4n) is 2.53. The summed E-state index contributed by atoms with van der Waals surface area (Å²) >= 11 is 1.46. The van der Waals surface area contributed by atoms with E-state index in [4.69, 9.17) is 10.00 Å². The maximum Gasteiger partial charge on any atom is 0.310 e. The Kier molecular flexibility index (Phi) is 2.04. The van der Waals surface area contributed by atoms with Crippen molar-refractivity contribution in [1.82, 2.24) is 0 Å². The molecule has 2 rings (SSSR count). The summed E-state index contributed by atoms with van der Waals surface area (Å²) in [6.45, 7) is 4.15. The van der Waals surface area contributed by atoms with Gasteiger partial charge in [-0.25, -0.2) is 0 Å². The van der Waals surface area contributed by atoms with Crippen LogP contribution in [0.4, 0.5) is 0 Å². The molecule has 1 saturated carbocycles. The van der Waals surface area contributed by atoms with Crippen LogP contribution in [0.1, 0.15) is 13.8 Å². The van der Waals surface area contributed by atoms with Gasteiger partial charge in [0, 0.05) is 5.92 Å². The van der Waals surface area contributed by atoms with E-state index in [0.717, 1.165) is 0 Å². The molecule has 0 amide bonds. The summed E-state index contributed by atoms with van der Waals surface area (Å²) in [7, 11) is 0. The van der Waals surface area contributed by atoms with Crippen molar-refractivity contribution in [1.29, 1.82) is 5.26 Å². The lowest BCUT2D eigenvalue weighted by Gasteiger charge is -2.20. The molecule has 3 nitrogen and oxygen atoms in total. The van der Waals surface area contributed by atoms with Gasteiger partial charge in [-0.3, -0.25) is 4.79 Å². The van der Waals surface area contributed by atoms with Crippen molar-refractivity contribution < 1.29 is 9.53 Å². The van der Waals surface area contributed by atoms with Gasteiger partial charge < -0.3 is 4.74 Å². The Hall–Kier alpha value is -0.690. The molecular weight excluding hydrogens is 198 g/mol. The van der Waals surface area contributed by atoms with E-state index in [-0.39, 0.29) is 34.6 Å². The first-order chi connectivity index (χ1) is 6.54. The molecule has 4 atom stereocenters. The first kappa shape index (κ1) is 9.85. The van der Waals surface area contributed by atoms with Crippen LogP contribution in [0.2, 0.25) is 0 Å². The van der Waals surface area contributed by atoms with Crippen LogP contribution in [0.15, 0.2) is 0 Å². The number of carbonyl (C=O) groups is 1. The van der Waals surface area contributed by atoms with E-state index in [1.807, 2.05) is 6.26 Å². The molecule has 1 unspecified atom stereocenters. The average Bonchev–Trinajstić information content (AvgIpc) is 2.50. The number of ether oxygens (including phenoxy) is 1. The van der Waals surface area contributed by atoms with E-state index in [1.165, 1.54) is 11.8 Å². The smallest absolute Gasteiger partial charge is 0.310 e. The normalized spacial score (nSPS) is 39.6. The number of esters is 1. The van der Waals surface area contributed by atoms with Gasteiger partial charge >= 0.3 is 5.97 Å². The molecule has 0 N–H and O–H groups in total. The van der Waals surface area contributed by atoms with Crippen LogP contribution >= 0.6 is 11.8 Å². The quantitative estimate of drug-likeness (QED) is 0.648. The van der Waals surface area contributed by atoms with E-state index in [0.29, 0.717) is 0 Å². The van der Waals surface area contributed by atoms with Gasteiger partial charge in [0.2, 0.25) is 0 Å². The van der Waals surface area contributed by atoms with Crippen molar-refractivity contribution in [3.05, 3.63) is 0 Å². The minimum Gasteiger partial charge on any atom is -0.459 e. The van der Waals surface area contributed by atoms with Gasteiger partial charge in [0.15, 0.2) is 0 Å². The molecule has 14 heavy (non-hydrogen) atoms. The Labute approximate surface area is 87.8 Å². The van der Waals surface area contributed by atoms with Crippen molar-refractivity contribution in [3.63, 3.8) is 0 Å². The van der Waals surface area contributed by atoms with Crippen LogP contribution in [-0.4, -0.2) is 23.6 Å². The highest BCUT2D eigenvalue weighted by Gasteiger charge is 2.72. The Morgan fingerprint density at radius 3 is 2.64 bits per heavy atom. The number of nitriles is 1. The maximum atomic E-state index is 11.4. The van der Waals surface area contributed by atoms with E-state index in [9.17, 15) is 4.79 Å². The zero-order chi connectivity index (χ0) is 10.5. The molecule has 76 valence electrons. The summed E-state index contributed by atoms with van der Waals surface area (Å²) in [6.07, 6.45) is 1.69. The van der Waals surface area contributed by atoms with Crippen molar-refractivity contribution in [3.8, 4) is 6.07 Å². The van der Waals surface area contributed by atoms with E-state index < -0.39 is 0 Å². The van der Waals surface area contributed by atoms with Crippen molar-refractivity contribution in [2.24, 2.45) is 17.3 Å². The highest BCUT2D eigenvalue weighted by molar-refractivity contribution is 7.99. The SMILES string of the molecule is CS[C@H](C#N)C1OC(=O)[C@@H]2[C@H]1C2(C)C. The van der Waals surface area contributed by atoms with Crippen LogP contribution < -0.4 is 0 Å². The predicted molar refractivity (Wildman–Crippen MR) is 53.6 cm³/mol. The Morgan fingerprint density at radius 2 is 2.29 bits per heavy atom. The number of hydrogen-bond donors (Lipinski definition) is 0. The molecular formula is C10H13NO2S. The summed E-state index contributed by atoms with van der Waals surface area (Å²) < 4.78 is 5.22. The molecule has 0 bridgehead atoms.